The molecule has 19 heavy (non-hydrogen) atoms. The van der Waals surface area contributed by atoms with Gasteiger partial charge in [0.2, 0.25) is 5.91 Å². The molecule has 0 spiro atoms. The first-order chi connectivity index (χ1) is 9.22. The minimum absolute atomic E-state index is 0.0683. The molecule has 0 heterocycles. The second-order valence-electron chi connectivity index (χ2n) is 4.37. The van der Waals surface area contributed by atoms with Gasteiger partial charge in [-0.1, -0.05) is 31.5 Å². The molecule has 0 aliphatic carbocycles. The Bertz CT molecular complexity index is 393. The van der Waals surface area contributed by atoms with Crippen LogP contribution in [0.5, 0.6) is 5.75 Å². The van der Waals surface area contributed by atoms with E-state index in [0.717, 1.165) is 24.2 Å². The van der Waals surface area contributed by atoms with Gasteiger partial charge in [-0.2, -0.15) is 0 Å². The summed E-state index contributed by atoms with van der Waals surface area (Å²) in [5, 5.41) is 2.90. The number of methoxy groups -OCH3 is 2. The van der Waals surface area contributed by atoms with Crippen LogP contribution in [0, 0.1) is 0 Å². The number of nitrogens with one attached hydrogen (secondary N) is 1. The first-order valence-corrected chi connectivity index (χ1v) is 6.65. The summed E-state index contributed by atoms with van der Waals surface area (Å²) in [6, 6.07) is 7.68. The molecule has 1 aromatic rings. The quantitative estimate of drug-likeness (QED) is 0.786. The van der Waals surface area contributed by atoms with E-state index in [0.29, 0.717) is 13.0 Å². The number of benzene rings is 1. The molecule has 0 saturated heterocycles. The number of amides is 1. The Labute approximate surface area is 115 Å². The molecule has 0 radical (unpaired) electrons. The molecule has 106 valence electrons. The summed E-state index contributed by atoms with van der Waals surface area (Å²) in [6.45, 7) is 2.53. The molecule has 1 N–H and O–H groups in total. The highest BCUT2D eigenvalue weighted by atomic mass is 16.5. The zero-order valence-electron chi connectivity index (χ0n) is 11.9. The minimum Gasteiger partial charge on any atom is -0.496 e. The highest BCUT2D eigenvalue weighted by Crippen LogP contribution is 2.26. The molecule has 4 nitrogen and oxygen atoms in total. The summed E-state index contributed by atoms with van der Waals surface area (Å²) in [6.07, 6.45) is 2.31. The van der Waals surface area contributed by atoms with E-state index < -0.39 is 0 Å². The molecule has 0 aliphatic rings. The largest absolute Gasteiger partial charge is 0.496 e. The van der Waals surface area contributed by atoms with Crippen molar-refractivity contribution in [2.24, 2.45) is 0 Å². The molecule has 1 rings (SSSR count). The maximum Gasteiger partial charge on any atom is 0.220 e. The zero-order valence-corrected chi connectivity index (χ0v) is 11.9. The Morgan fingerprint density at radius 1 is 1.32 bits per heavy atom. The van der Waals surface area contributed by atoms with Crippen LogP contribution in [0.1, 0.15) is 37.9 Å². The number of rotatable bonds is 8. The van der Waals surface area contributed by atoms with E-state index in [1.54, 1.807) is 14.2 Å². The van der Waals surface area contributed by atoms with Crippen LogP contribution < -0.4 is 10.1 Å². The number of carbonyl (C=O) groups is 1. The third kappa shape index (κ3) is 4.91. The van der Waals surface area contributed by atoms with Crippen molar-refractivity contribution in [2.75, 3.05) is 20.8 Å². The number of ether oxygens (including phenoxy) is 2. The Kier molecular flexibility index (Phi) is 6.97. The van der Waals surface area contributed by atoms with Gasteiger partial charge in [-0.25, -0.2) is 0 Å². The lowest BCUT2D eigenvalue weighted by atomic mass is 10.1. The summed E-state index contributed by atoms with van der Waals surface area (Å²) in [5.74, 6) is 0.843. The summed E-state index contributed by atoms with van der Waals surface area (Å²) in [7, 11) is 3.26. The van der Waals surface area contributed by atoms with Crippen LogP contribution in [-0.4, -0.2) is 26.7 Å². The normalized spacial score (nSPS) is 11.9. The fourth-order valence-corrected chi connectivity index (χ4v) is 1.88. The van der Waals surface area contributed by atoms with E-state index >= 15 is 0 Å². The fraction of sp³-hybridized carbons (Fsp3) is 0.533. The molecule has 0 saturated carbocycles. The lowest BCUT2D eigenvalue weighted by molar-refractivity contribution is -0.121. The highest BCUT2D eigenvalue weighted by molar-refractivity contribution is 5.75. The number of carbonyl (C=O) groups excluding carboxylic acids is 1. The molecule has 0 bridgehead atoms. The van der Waals surface area contributed by atoms with E-state index in [9.17, 15) is 4.79 Å². The van der Waals surface area contributed by atoms with Gasteiger partial charge in [0.05, 0.1) is 7.11 Å². The molecular formula is C15H23NO3. The molecule has 0 unspecified atom stereocenters. The topological polar surface area (TPSA) is 47.6 Å². The average Bonchev–Trinajstić information content (AvgIpc) is 2.46. The highest BCUT2D eigenvalue weighted by Gasteiger charge is 2.15. The van der Waals surface area contributed by atoms with Gasteiger partial charge in [-0.3, -0.25) is 4.79 Å². The Morgan fingerprint density at radius 2 is 2.05 bits per heavy atom. The molecule has 1 atom stereocenters. The van der Waals surface area contributed by atoms with Gasteiger partial charge >= 0.3 is 0 Å². The van der Waals surface area contributed by atoms with Crippen LogP contribution in [0.4, 0.5) is 0 Å². The van der Waals surface area contributed by atoms with Crippen molar-refractivity contribution in [3.8, 4) is 5.75 Å². The Hall–Kier alpha value is -1.55. The Balaban J connectivity index is 2.60. The second-order valence-corrected chi connectivity index (χ2v) is 4.37. The summed E-state index contributed by atoms with van der Waals surface area (Å²) in [4.78, 5) is 11.6. The van der Waals surface area contributed by atoms with Gasteiger partial charge < -0.3 is 14.8 Å². The van der Waals surface area contributed by atoms with Gasteiger partial charge in [0.15, 0.2) is 0 Å². The van der Waals surface area contributed by atoms with Gasteiger partial charge in [0.1, 0.15) is 11.9 Å². The van der Waals surface area contributed by atoms with Gasteiger partial charge in [-0.15, -0.1) is 0 Å². The van der Waals surface area contributed by atoms with E-state index in [4.69, 9.17) is 9.47 Å². The second kappa shape index (κ2) is 8.53. The summed E-state index contributed by atoms with van der Waals surface area (Å²) >= 11 is 0. The van der Waals surface area contributed by atoms with Crippen molar-refractivity contribution in [1.29, 1.82) is 0 Å². The van der Waals surface area contributed by atoms with Gasteiger partial charge in [0, 0.05) is 25.6 Å². The van der Waals surface area contributed by atoms with Gasteiger partial charge in [0.25, 0.3) is 0 Å². The number of hydrogen-bond acceptors (Lipinski definition) is 3. The van der Waals surface area contributed by atoms with Crippen molar-refractivity contribution >= 4 is 5.91 Å². The van der Waals surface area contributed by atoms with Crippen molar-refractivity contribution < 1.29 is 14.3 Å². The first-order valence-electron chi connectivity index (χ1n) is 6.65. The predicted octanol–water partition coefficient (Wildman–Crippen LogP) is 2.69. The van der Waals surface area contributed by atoms with Crippen LogP contribution in [0.15, 0.2) is 24.3 Å². The van der Waals surface area contributed by atoms with E-state index in [1.807, 2.05) is 24.3 Å². The monoisotopic (exact) mass is 265 g/mol. The van der Waals surface area contributed by atoms with E-state index in [1.165, 1.54) is 0 Å². The van der Waals surface area contributed by atoms with Crippen molar-refractivity contribution in [2.45, 2.75) is 32.3 Å². The molecule has 1 aromatic carbocycles. The molecule has 0 fully saturated rings. The molecule has 4 heteroatoms. The first kappa shape index (κ1) is 15.5. The smallest absolute Gasteiger partial charge is 0.220 e. The van der Waals surface area contributed by atoms with Gasteiger partial charge in [-0.05, 0) is 12.5 Å². The van der Waals surface area contributed by atoms with E-state index in [2.05, 4.69) is 12.2 Å². The van der Waals surface area contributed by atoms with E-state index in [-0.39, 0.29) is 12.0 Å². The lowest BCUT2D eigenvalue weighted by Crippen LogP contribution is -2.29. The third-order valence-corrected chi connectivity index (χ3v) is 3.01. The summed E-state index contributed by atoms with van der Waals surface area (Å²) in [5.41, 5.74) is 0.947. The predicted molar refractivity (Wildman–Crippen MR) is 75.3 cm³/mol. The molecule has 0 aromatic heterocycles. The average molecular weight is 265 g/mol. The van der Waals surface area contributed by atoms with Crippen LogP contribution in [-0.2, 0) is 9.53 Å². The van der Waals surface area contributed by atoms with Crippen molar-refractivity contribution in [1.82, 2.24) is 5.32 Å². The van der Waals surface area contributed by atoms with Crippen LogP contribution in [0.3, 0.4) is 0 Å². The lowest BCUT2D eigenvalue weighted by Gasteiger charge is -2.19. The van der Waals surface area contributed by atoms with Crippen LogP contribution >= 0.6 is 0 Å². The molecule has 1 amide bonds. The summed E-state index contributed by atoms with van der Waals surface area (Å²) < 4.78 is 10.7. The number of para-hydroxylation sites is 1. The van der Waals surface area contributed by atoms with Crippen molar-refractivity contribution in [3.63, 3.8) is 0 Å². The Morgan fingerprint density at radius 3 is 2.68 bits per heavy atom. The van der Waals surface area contributed by atoms with Crippen LogP contribution in [0.2, 0.25) is 0 Å². The third-order valence-electron chi connectivity index (χ3n) is 3.01. The zero-order chi connectivity index (χ0) is 14.1. The standard InChI is InChI=1S/C15H23NO3/c1-4-5-10-15(17)16-11-14(19-3)12-8-6-7-9-13(12)18-2/h6-9,14H,4-5,10-11H2,1-3H3,(H,16,17)/t14-/m1/s1. The van der Waals surface area contributed by atoms with Crippen LogP contribution in [0.25, 0.3) is 0 Å². The molecule has 0 aliphatic heterocycles. The SMILES string of the molecule is CCCCC(=O)NC[C@@H](OC)c1ccccc1OC. The molecular weight excluding hydrogens is 242 g/mol. The maximum absolute atomic E-state index is 11.6. The van der Waals surface area contributed by atoms with Crippen molar-refractivity contribution in [3.05, 3.63) is 29.8 Å². The number of unbranched alkanes of at least 4 members (excludes halogenated alkanes) is 1. The fourth-order valence-electron chi connectivity index (χ4n) is 1.88. The minimum atomic E-state index is -0.193. The number of hydrogen-bond donors (Lipinski definition) is 1. The maximum atomic E-state index is 11.6.